The van der Waals surface area contributed by atoms with Crippen LogP contribution in [0.5, 0.6) is 0 Å². The Labute approximate surface area is 118 Å². The Morgan fingerprint density at radius 1 is 1.37 bits per heavy atom. The van der Waals surface area contributed by atoms with Gasteiger partial charge in [0.25, 0.3) is 0 Å². The number of aromatic nitrogens is 1. The van der Waals surface area contributed by atoms with Crippen LogP contribution in [0.1, 0.15) is 12.8 Å². The van der Waals surface area contributed by atoms with E-state index in [9.17, 15) is 0 Å². The predicted octanol–water partition coefficient (Wildman–Crippen LogP) is 3.39. The van der Waals surface area contributed by atoms with Crippen molar-refractivity contribution in [3.05, 3.63) is 35.5 Å². The van der Waals surface area contributed by atoms with Crippen molar-refractivity contribution in [1.29, 1.82) is 0 Å². The molecule has 0 saturated carbocycles. The van der Waals surface area contributed by atoms with Crippen LogP contribution in [0.2, 0.25) is 5.02 Å². The molecule has 19 heavy (non-hydrogen) atoms. The maximum atomic E-state index is 6.01. The summed E-state index contributed by atoms with van der Waals surface area (Å²) in [5.74, 6) is 0. The van der Waals surface area contributed by atoms with Gasteiger partial charge in [0.15, 0.2) is 0 Å². The van der Waals surface area contributed by atoms with Crippen molar-refractivity contribution >= 4 is 28.2 Å². The van der Waals surface area contributed by atoms with E-state index < -0.39 is 0 Å². The van der Waals surface area contributed by atoms with E-state index in [4.69, 9.17) is 11.6 Å². The fourth-order valence-corrected chi connectivity index (χ4v) is 2.92. The molecule has 4 heteroatoms. The third-order valence-corrected chi connectivity index (χ3v) is 3.92. The lowest BCUT2D eigenvalue weighted by Gasteiger charge is -2.31. The molecule has 1 saturated heterocycles. The quantitative estimate of drug-likeness (QED) is 0.911. The van der Waals surface area contributed by atoms with E-state index in [1.165, 1.54) is 19.4 Å². The van der Waals surface area contributed by atoms with Crippen molar-refractivity contribution in [3.63, 3.8) is 0 Å². The topological polar surface area (TPSA) is 28.2 Å². The number of nitrogens with one attached hydrogen (secondary N) is 1. The van der Waals surface area contributed by atoms with Gasteiger partial charge in [0, 0.05) is 34.9 Å². The number of hydrogen-bond donors (Lipinski definition) is 1. The Balaban J connectivity index is 1.88. The van der Waals surface area contributed by atoms with Crippen LogP contribution in [-0.2, 0) is 0 Å². The second kappa shape index (κ2) is 5.35. The highest BCUT2D eigenvalue weighted by molar-refractivity contribution is 6.31. The van der Waals surface area contributed by atoms with Gasteiger partial charge in [-0.25, -0.2) is 0 Å². The van der Waals surface area contributed by atoms with E-state index in [0.29, 0.717) is 6.04 Å². The minimum Gasteiger partial charge on any atom is -0.380 e. The second-order valence-electron chi connectivity index (χ2n) is 5.27. The number of likely N-dealkylation sites (N-methyl/N-ethyl adjacent to an activating group) is 1. The van der Waals surface area contributed by atoms with Crippen molar-refractivity contribution in [2.24, 2.45) is 0 Å². The lowest BCUT2D eigenvalue weighted by molar-refractivity contribution is 0.261. The summed E-state index contributed by atoms with van der Waals surface area (Å²) in [6, 6.07) is 8.43. The molecular weight excluding hydrogens is 258 g/mol. The average molecular weight is 276 g/mol. The van der Waals surface area contributed by atoms with Crippen molar-refractivity contribution in [2.45, 2.75) is 18.9 Å². The first-order valence-electron chi connectivity index (χ1n) is 6.72. The van der Waals surface area contributed by atoms with E-state index >= 15 is 0 Å². The van der Waals surface area contributed by atoms with Gasteiger partial charge in [0.05, 0.1) is 5.52 Å². The van der Waals surface area contributed by atoms with Crippen molar-refractivity contribution in [3.8, 4) is 0 Å². The highest BCUT2D eigenvalue weighted by atomic mass is 35.5. The number of anilines is 1. The predicted molar refractivity (Wildman–Crippen MR) is 80.9 cm³/mol. The number of pyridine rings is 1. The molecule has 0 unspecified atom stereocenters. The van der Waals surface area contributed by atoms with Crippen molar-refractivity contribution in [1.82, 2.24) is 9.88 Å². The molecule has 1 aromatic heterocycles. The molecule has 0 bridgehead atoms. The number of likely N-dealkylation sites (tertiary alicyclic amines) is 1. The first-order valence-corrected chi connectivity index (χ1v) is 7.09. The molecule has 2 heterocycles. The number of rotatable bonds is 2. The zero-order valence-electron chi connectivity index (χ0n) is 11.1. The molecule has 3 nitrogen and oxygen atoms in total. The summed E-state index contributed by atoms with van der Waals surface area (Å²) in [5.41, 5.74) is 2.10. The highest BCUT2D eigenvalue weighted by Crippen LogP contribution is 2.26. The molecule has 2 aromatic rings. The molecule has 0 radical (unpaired) electrons. The van der Waals surface area contributed by atoms with Gasteiger partial charge in [-0.15, -0.1) is 0 Å². The van der Waals surface area contributed by atoms with Gasteiger partial charge in [-0.3, -0.25) is 4.98 Å². The molecule has 3 rings (SSSR count). The number of piperidine rings is 1. The van der Waals surface area contributed by atoms with Crippen LogP contribution in [-0.4, -0.2) is 36.1 Å². The average Bonchev–Trinajstić information content (AvgIpc) is 2.38. The Bertz CT molecular complexity index is 585. The molecule has 0 aliphatic carbocycles. The SMILES string of the molecule is CN1CCC[C@H](Nc2ccnc3cc(Cl)ccc23)C1. The van der Waals surface area contributed by atoms with Crippen LogP contribution in [0.3, 0.4) is 0 Å². The molecule has 1 aliphatic rings. The monoisotopic (exact) mass is 275 g/mol. The molecule has 100 valence electrons. The minimum absolute atomic E-state index is 0.514. The van der Waals surface area contributed by atoms with Crippen LogP contribution in [0.15, 0.2) is 30.5 Å². The molecule has 0 spiro atoms. The summed E-state index contributed by atoms with van der Waals surface area (Å²) >= 11 is 6.01. The molecule has 1 aromatic carbocycles. The summed E-state index contributed by atoms with van der Waals surface area (Å²) in [7, 11) is 2.18. The number of hydrogen-bond acceptors (Lipinski definition) is 3. The lowest BCUT2D eigenvalue weighted by atomic mass is 10.1. The van der Waals surface area contributed by atoms with Crippen LogP contribution in [0.4, 0.5) is 5.69 Å². The van der Waals surface area contributed by atoms with E-state index in [1.54, 1.807) is 0 Å². The van der Waals surface area contributed by atoms with E-state index in [1.807, 2.05) is 30.5 Å². The van der Waals surface area contributed by atoms with E-state index in [2.05, 4.69) is 22.2 Å². The Morgan fingerprint density at radius 2 is 2.26 bits per heavy atom. The van der Waals surface area contributed by atoms with Crippen LogP contribution >= 0.6 is 11.6 Å². The Morgan fingerprint density at radius 3 is 3.11 bits per heavy atom. The first kappa shape index (κ1) is 12.7. The van der Waals surface area contributed by atoms with Gasteiger partial charge in [0.2, 0.25) is 0 Å². The van der Waals surface area contributed by atoms with Gasteiger partial charge < -0.3 is 10.2 Å². The van der Waals surface area contributed by atoms with Crippen molar-refractivity contribution < 1.29 is 0 Å². The number of nitrogens with zero attached hydrogens (tertiary/aromatic N) is 2. The number of fused-ring (bicyclic) bond motifs is 1. The zero-order valence-corrected chi connectivity index (χ0v) is 11.8. The zero-order chi connectivity index (χ0) is 13.2. The lowest BCUT2D eigenvalue weighted by Crippen LogP contribution is -2.39. The van der Waals surface area contributed by atoms with Gasteiger partial charge in [-0.1, -0.05) is 11.6 Å². The Hall–Kier alpha value is -1.32. The van der Waals surface area contributed by atoms with Gasteiger partial charge in [-0.2, -0.15) is 0 Å². The summed E-state index contributed by atoms with van der Waals surface area (Å²) in [4.78, 5) is 6.75. The molecule has 1 aliphatic heterocycles. The second-order valence-corrected chi connectivity index (χ2v) is 5.70. The maximum absolute atomic E-state index is 6.01. The van der Waals surface area contributed by atoms with Crippen molar-refractivity contribution in [2.75, 3.05) is 25.5 Å². The fourth-order valence-electron chi connectivity index (χ4n) is 2.75. The molecule has 1 fully saturated rings. The summed E-state index contributed by atoms with van der Waals surface area (Å²) < 4.78 is 0. The van der Waals surface area contributed by atoms with E-state index in [-0.39, 0.29) is 0 Å². The molecule has 1 atom stereocenters. The minimum atomic E-state index is 0.514. The van der Waals surface area contributed by atoms with Gasteiger partial charge in [0.1, 0.15) is 0 Å². The summed E-state index contributed by atoms with van der Waals surface area (Å²) in [6.07, 6.45) is 4.32. The molecule has 0 amide bonds. The van der Waals surface area contributed by atoms with E-state index in [0.717, 1.165) is 28.2 Å². The van der Waals surface area contributed by atoms with Gasteiger partial charge in [-0.05, 0) is 50.7 Å². The Kier molecular flexibility index (Phi) is 3.58. The smallest absolute Gasteiger partial charge is 0.0737 e. The van der Waals surface area contributed by atoms with Crippen LogP contribution < -0.4 is 5.32 Å². The van der Waals surface area contributed by atoms with Crippen LogP contribution in [0.25, 0.3) is 10.9 Å². The first-order chi connectivity index (χ1) is 9.22. The van der Waals surface area contributed by atoms with Gasteiger partial charge >= 0.3 is 0 Å². The standard InChI is InChI=1S/C15H18ClN3/c1-19-8-2-3-12(10-19)18-14-6-7-17-15-9-11(16)4-5-13(14)15/h4-7,9,12H,2-3,8,10H2,1H3,(H,17,18)/t12-/m0/s1. The maximum Gasteiger partial charge on any atom is 0.0737 e. The highest BCUT2D eigenvalue weighted by Gasteiger charge is 2.17. The molecule has 1 N–H and O–H groups in total. The largest absolute Gasteiger partial charge is 0.380 e. The van der Waals surface area contributed by atoms with Crippen LogP contribution in [0, 0.1) is 0 Å². The third-order valence-electron chi connectivity index (χ3n) is 3.69. The fraction of sp³-hybridized carbons (Fsp3) is 0.400. The third kappa shape index (κ3) is 2.82. The number of halogens is 1. The summed E-state index contributed by atoms with van der Waals surface area (Å²) in [6.45, 7) is 2.29. The summed E-state index contributed by atoms with van der Waals surface area (Å²) in [5, 5.41) is 5.52. The molecular formula is C15H18ClN3. The normalized spacial score (nSPS) is 20.6. The number of benzene rings is 1.